The molecule has 0 radical (unpaired) electrons. The van der Waals surface area contributed by atoms with Crippen LogP contribution >= 0.6 is 11.6 Å². The molecule has 2 nitrogen and oxygen atoms in total. The highest BCUT2D eigenvalue weighted by molar-refractivity contribution is 6.31. The lowest BCUT2D eigenvalue weighted by Crippen LogP contribution is -2.26. The molecule has 0 amide bonds. The number of hydrogen-bond donors (Lipinski definition) is 1. The van der Waals surface area contributed by atoms with Gasteiger partial charge in [0, 0.05) is 17.6 Å². The van der Waals surface area contributed by atoms with Gasteiger partial charge in [0.05, 0.1) is 6.61 Å². The molecule has 22 heavy (non-hydrogen) atoms. The van der Waals surface area contributed by atoms with Crippen LogP contribution in [0.2, 0.25) is 5.02 Å². The van der Waals surface area contributed by atoms with Crippen molar-refractivity contribution in [2.24, 2.45) is 0 Å². The van der Waals surface area contributed by atoms with Gasteiger partial charge >= 0.3 is 0 Å². The van der Waals surface area contributed by atoms with E-state index >= 15 is 0 Å². The molecule has 1 atom stereocenters. The predicted octanol–water partition coefficient (Wildman–Crippen LogP) is 4.48. The summed E-state index contributed by atoms with van der Waals surface area (Å²) in [4.78, 5) is 2.49. The van der Waals surface area contributed by atoms with E-state index in [0.29, 0.717) is 6.04 Å². The Hall–Kier alpha value is -1.35. The van der Waals surface area contributed by atoms with Gasteiger partial charge in [-0.25, -0.2) is 0 Å². The number of nitrogens with zero attached hydrogens (tertiary/aromatic N) is 1. The van der Waals surface area contributed by atoms with Gasteiger partial charge in [-0.3, -0.25) is 4.90 Å². The average Bonchev–Trinajstić information content (AvgIpc) is 2.94. The van der Waals surface area contributed by atoms with Crippen molar-refractivity contribution in [3.8, 4) is 11.1 Å². The fourth-order valence-electron chi connectivity index (χ4n) is 3.15. The summed E-state index contributed by atoms with van der Waals surface area (Å²) in [6.45, 7) is 4.44. The molecule has 0 spiro atoms. The molecule has 116 valence electrons. The van der Waals surface area contributed by atoms with Crippen molar-refractivity contribution in [1.82, 2.24) is 4.90 Å². The molecule has 2 aromatic rings. The minimum Gasteiger partial charge on any atom is -0.392 e. The zero-order valence-corrected chi connectivity index (χ0v) is 13.7. The molecule has 0 bridgehead atoms. The molecule has 1 saturated heterocycles. The first-order chi connectivity index (χ1) is 10.7. The Morgan fingerprint density at radius 2 is 2.00 bits per heavy atom. The summed E-state index contributed by atoms with van der Waals surface area (Å²) >= 11 is 6.50. The number of aliphatic hydroxyl groups excluding tert-OH is 1. The van der Waals surface area contributed by atoms with Crippen LogP contribution in [-0.4, -0.2) is 22.6 Å². The van der Waals surface area contributed by atoms with Crippen molar-refractivity contribution in [3.05, 3.63) is 58.6 Å². The maximum Gasteiger partial charge on any atom is 0.0682 e. The monoisotopic (exact) mass is 315 g/mol. The third-order valence-electron chi connectivity index (χ3n) is 4.56. The molecular weight excluding hydrogens is 294 g/mol. The Bertz CT molecular complexity index is 656. The molecular formula is C19H22ClNO. The van der Waals surface area contributed by atoms with Crippen LogP contribution in [0, 0.1) is 0 Å². The highest BCUT2D eigenvalue weighted by atomic mass is 35.5. The van der Waals surface area contributed by atoms with E-state index in [1.165, 1.54) is 18.4 Å². The molecule has 0 saturated carbocycles. The van der Waals surface area contributed by atoms with Gasteiger partial charge in [0.25, 0.3) is 0 Å². The zero-order valence-electron chi connectivity index (χ0n) is 12.9. The van der Waals surface area contributed by atoms with E-state index in [1.807, 2.05) is 30.3 Å². The van der Waals surface area contributed by atoms with Crippen LogP contribution in [0.4, 0.5) is 0 Å². The summed E-state index contributed by atoms with van der Waals surface area (Å²) in [5, 5.41) is 10.1. The van der Waals surface area contributed by atoms with Gasteiger partial charge in [0.2, 0.25) is 0 Å². The number of benzene rings is 2. The molecule has 1 aliphatic heterocycles. The average molecular weight is 316 g/mol. The van der Waals surface area contributed by atoms with E-state index in [0.717, 1.165) is 34.8 Å². The first-order valence-corrected chi connectivity index (χ1v) is 8.28. The number of halogens is 1. The van der Waals surface area contributed by atoms with Crippen molar-refractivity contribution in [3.63, 3.8) is 0 Å². The van der Waals surface area contributed by atoms with Gasteiger partial charge in [-0.2, -0.15) is 0 Å². The minimum absolute atomic E-state index is 0.0620. The van der Waals surface area contributed by atoms with Crippen molar-refractivity contribution >= 4 is 11.6 Å². The molecule has 0 aromatic heterocycles. The quantitative estimate of drug-likeness (QED) is 0.899. The third-order valence-corrected chi connectivity index (χ3v) is 4.91. The van der Waals surface area contributed by atoms with E-state index in [4.69, 9.17) is 11.6 Å². The van der Waals surface area contributed by atoms with Crippen molar-refractivity contribution in [2.75, 3.05) is 6.54 Å². The third kappa shape index (κ3) is 3.35. The van der Waals surface area contributed by atoms with E-state index in [2.05, 4.69) is 24.0 Å². The van der Waals surface area contributed by atoms with E-state index in [9.17, 15) is 5.11 Å². The van der Waals surface area contributed by atoms with Crippen LogP contribution in [0.15, 0.2) is 42.5 Å². The molecule has 1 heterocycles. The van der Waals surface area contributed by atoms with Crippen LogP contribution in [0.1, 0.15) is 30.9 Å². The Morgan fingerprint density at radius 1 is 1.18 bits per heavy atom. The molecule has 2 aromatic carbocycles. The number of likely N-dealkylation sites (tertiary alicyclic amines) is 1. The maximum absolute atomic E-state index is 9.26. The smallest absolute Gasteiger partial charge is 0.0682 e. The summed E-state index contributed by atoms with van der Waals surface area (Å²) in [7, 11) is 0. The van der Waals surface area contributed by atoms with Gasteiger partial charge in [0.1, 0.15) is 0 Å². The van der Waals surface area contributed by atoms with Crippen LogP contribution in [0.3, 0.4) is 0 Å². The summed E-state index contributed by atoms with van der Waals surface area (Å²) in [5.74, 6) is 0. The number of hydrogen-bond acceptors (Lipinski definition) is 2. The Balaban J connectivity index is 1.82. The topological polar surface area (TPSA) is 23.5 Å². The van der Waals surface area contributed by atoms with Crippen LogP contribution in [0.25, 0.3) is 11.1 Å². The Kier molecular flexibility index (Phi) is 4.82. The number of rotatable bonds is 4. The van der Waals surface area contributed by atoms with Gasteiger partial charge in [-0.1, -0.05) is 41.9 Å². The van der Waals surface area contributed by atoms with Crippen LogP contribution in [-0.2, 0) is 13.2 Å². The predicted molar refractivity (Wildman–Crippen MR) is 91.9 cm³/mol. The van der Waals surface area contributed by atoms with E-state index in [-0.39, 0.29) is 6.61 Å². The van der Waals surface area contributed by atoms with E-state index < -0.39 is 0 Å². The Labute approximate surface area is 137 Å². The largest absolute Gasteiger partial charge is 0.392 e. The number of aliphatic hydroxyl groups is 1. The summed E-state index contributed by atoms with van der Waals surface area (Å²) in [6, 6.07) is 14.9. The molecule has 0 unspecified atom stereocenters. The molecule has 3 heteroatoms. The summed E-state index contributed by atoms with van der Waals surface area (Å²) in [5.41, 5.74) is 4.30. The molecule has 0 aliphatic carbocycles. The highest BCUT2D eigenvalue weighted by Gasteiger charge is 2.20. The molecule has 1 aliphatic rings. The lowest BCUT2D eigenvalue weighted by atomic mass is 10.0. The van der Waals surface area contributed by atoms with E-state index in [1.54, 1.807) is 0 Å². The molecule has 3 rings (SSSR count). The van der Waals surface area contributed by atoms with Gasteiger partial charge in [-0.15, -0.1) is 0 Å². The fourth-order valence-corrected chi connectivity index (χ4v) is 3.39. The lowest BCUT2D eigenvalue weighted by molar-refractivity contribution is 0.260. The van der Waals surface area contributed by atoms with Crippen molar-refractivity contribution in [1.29, 1.82) is 0 Å². The van der Waals surface area contributed by atoms with Gasteiger partial charge < -0.3 is 5.11 Å². The summed E-state index contributed by atoms with van der Waals surface area (Å²) in [6.07, 6.45) is 2.56. The normalized spacial score (nSPS) is 18.8. The fraction of sp³-hybridized carbons (Fsp3) is 0.368. The van der Waals surface area contributed by atoms with Crippen molar-refractivity contribution < 1.29 is 5.11 Å². The highest BCUT2D eigenvalue weighted by Crippen LogP contribution is 2.28. The second-order valence-electron chi connectivity index (χ2n) is 6.13. The van der Waals surface area contributed by atoms with Crippen LogP contribution in [0.5, 0.6) is 0 Å². The second kappa shape index (κ2) is 6.82. The zero-order chi connectivity index (χ0) is 15.5. The molecule has 1 fully saturated rings. The second-order valence-corrected chi connectivity index (χ2v) is 6.53. The maximum atomic E-state index is 9.26. The van der Waals surface area contributed by atoms with Gasteiger partial charge in [0.15, 0.2) is 0 Å². The van der Waals surface area contributed by atoms with Crippen molar-refractivity contribution in [2.45, 2.75) is 39.0 Å². The minimum atomic E-state index is 0.0620. The van der Waals surface area contributed by atoms with Gasteiger partial charge in [-0.05, 0) is 60.7 Å². The molecule has 1 N–H and O–H groups in total. The Morgan fingerprint density at radius 3 is 2.68 bits per heavy atom. The first-order valence-electron chi connectivity index (χ1n) is 7.90. The standard InChI is InChI=1S/C19H22ClNO/c1-14-4-3-9-21(14)12-18-8-7-17(11-19(18)20)16-6-2-5-15(10-16)13-22/h2,5-8,10-11,14,22H,3-4,9,12-13H2,1H3/t14-/m1/s1. The summed E-state index contributed by atoms with van der Waals surface area (Å²) < 4.78 is 0. The van der Waals surface area contributed by atoms with Crippen LogP contribution < -0.4 is 0 Å². The first kappa shape index (κ1) is 15.5. The lowest BCUT2D eigenvalue weighted by Gasteiger charge is -2.21. The SMILES string of the molecule is C[C@@H]1CCCN1Cc1ccc(-c2cccc(CO)c2)cc1Cl.